The van der Waals surface area contributed by atoms with Gasteiger partial charge >= 0.3 is 0 Å². The fraction of sp³-hybridized carbons (Fsp3) is 0.346. The first-order chi connectivity index (χ1) is 40.0. The highest BCUT2D eigenvalue weighted by molar-refractivity contribution is 5.69. The third-order valence-corrected chi connectivity index (χ3v) is 18.4. The minimum absolute atomic E-state index is 0.398. The molecular formula is C78H90N3+3. The summed E-state index contributed by atoms with van der Waals surface area (Å²) in [4.78, 5) is 0. The van der Waals surface area contributed by atoms with Crippen LogP contribution >= 0.6 is 0 Å². The summed E-state index contributed by atoms with van der Waals surface area (Å²) < 4.78 is 24.6. The predicted molar refractivity (Wildman–Crippen MR) is 341 cm³/mol. The molecule has 0 amide bonds. The lowest BCUT2D eigenvalue weighted by molar-refractivity contribution is -0.660. The number of pyridine rings is 3. The zero-order valence-electron chi connectivity index (χ0n) is 52.2. The van der Waals surface area contributed by atoms with Crippen LogP contribution in [0.3, 0.4) is 0 Å². The molecule has 3 aliphatic rings. The summed E-state index contributed by atoms with van der Waals surface area (Å²) in [5.74, 6) is 2.34. The van der Waals surface area contributed by atoms with Crippen molar-refractivity contribution in [2.24, 2.45) is 38.9 Å². The Hall–Kier alpha value is -7.23. The molecule has 6 aromatic carbocycles. The summed E-state index contributed by atoms with van der Waals surface area (Å²) in [6.07, 6.45) is 20.7. The molecule has 0 unspecified atom stereocenters. The minimum atomic E-state index is -0.425. The molecule has 3 fully saturated rings. The first-order valence-corrected chi connectivity index (χ1v) is 30.5. The zero-order valence-corrected chi connectivity index (χ0v) is 50.2. The molecule has 414 valence electrons. The van der Waals surface area contributed by atoms with Crippen molar-refractivity contribution in [3.8, 4) is 67.2 Å². The number of hydrogen-bond acceptors (Lipinski definition) is 0. The summed E-state index contributed by atoms with van der Waals surface area (Å²) in [6.45, 7) is 13.5. The lowest BCUT2D eigenvalue weighted by atomic mass is 9.79. The Morgan fingerprint density at radius 1 is 0.309 bits per heavy atom. The van der Waals surface area contributed by atoms with Crippen molar-refractivity contribution in [3.63, 3.8) is 0 Å². The molecule has 3 aromatic heterocycles. The van der Waals surface area contributed by atoms with E-state index >= 15 is 0 Å². The van der Waals surface area contributed by atoms with Gasteiger partial charge < -0.3 is 0 Å². The molecule has 12 rings (SSSR count). The predicted octanol–water partition coefficient (Wildman–Crippen LogP) is 19.3. The molecule has 3 heteroatoms. The monoisotopic (exact) mass is 1070 g/mol. The number of hydrogen-bond donors (Lipinski definition) is 0. The standard InChI is InChI=1S/3C26H30N/c2*1-19-11-13-21(14-12-19)22-8-6-9-23(17-22)24-15-16-26(27(3)18-24)25-10-5-4-7-20(25)2;1-19-8-10-21(11-9-19)22-12-14-23(15-13-22)24-16-17-26(27(3)18-24)25-7-5-4-6-20(25)2/h2*4-10,15-19,21H,11-14H2,1-3H3;4-7,12-19,21H,8-11H2,1-3H3/q3*+1/i21D;;21D. The Kier molecular flexibility index (Phi) is 17.8. The molecule has 0 aliphatic heterocycles. The Bertz CT molecular complexity index is 3650. The van der Waals surface area contributed by atoms with Crippen LogP contribution in [-0.4, -0.2) is 0 Å². The van der Waals surface area contributed by atoms with E-state index in [0.717, 1.165) is 62.2 Å². The number of aromatic nitrogens is 3. The SMILES string of the molecule is Cc1ccccc1-c1ccc(-c2cccc(C3CCC(C)CC3)c2)c[n+]1C.[2H]C1(c2ccc(-c3ccc(-c4ccccc4C)[n+](C)c3)cc2)CCC(C)CC1.[2H]C1(c2cccc(-c3ccc(-c4ccccc4C)[n+](C)c3)c2)CCC(C)CC1. The molecule has 0 bridgehead atoms. The highest BCUT2D eigenvalue weighted by atomic mass is 14.9. The lowest BCUT2D eigenvalue weighted by Gasteiger charge is -2.26. The van der Waals surface area contributed by atoms with Gasteiger partial charge in [-0.15, -0.1) is 0 Å². The molecule has 3 heterocycles. The second kappa shape index (κ2) is 26.6. The van der Waals surface area contributed by atoms with Gasteiger partial charge in [-0.3, -0.25) is 0 Å². The Labute approximate surface area is 490 Å². The van der Waals surface area contributed by atoms with Crippen LogP contribution < -0.4 is 13.7 Å². The fourth-order valence-electron chi connectivity index (χ4n) is 12.9. The Morgan fingerprint density at radius 3 is 1.04 bits per heavy atom. The number of benzene rings is 6. The van der Waals surface area contributed by atoms with Gasteiger partial charge in [-0.25, -0.2) is 13.7 Å². The van der Waals surface area contributed by atoms with Crippen LogP contribution in [0.1, 0.15) is 152 Å². The minimum Gasteiger partial charge on any atom is -0.200 e. The number of rotatable bonds is 9. The fourth-order valence-corrected chi connectivity index (χ4v) is 12.9. The highest BCUT2D eigenvalue weighted by Crippen LogP contribution is 2.40. The molecule has 0 atom stereocenters. The van der Waals surface area contributed by atoms with Crippen LogP contribution in [0.25, 0.3) is 67.2 Å². The zero-order chi connectivity index (χ0) is 58.3. The van der Waals surface area contributed by atoms with Crippen LogP contribution in [0.15, 0.2) is 201 Å². The van der Waals surface area contributed by atoms with Gasteiger partial charge in [0.15, 0.2) is 18.6 Å². The Morgan fingerprint density at radius 2 is 0.642 bits per heavy atom. The van der Waals surface area contributed by atoms with Gasteiger partial charge in [0.25, 0.3) is 0 Å². The molecule has 3 saturated carbocycles. The molecule has 3 aliphatic carbocycles. The van der Waals surface area contributed by atoms with E-state index in [9.17, 15) is 0 Å². The summed E-state index contributed by atoms with van der Waals surface area (Å²) in [6, 6.07) is 65.6. The van der Waals surface area contributed by atoms with Crippen LogP contribution in [0.5, 0.6) is 0 Å². The van der Waals surface area contributed by atoms with Crippen LogP contribution in [0, 0.1) is 38.5 Å². The average molecular weight is 1070 g/mol. The summed E-state index contributed by atoms with van der Waals surface area (Å²) >= 11 is 0. The van der Waals surface area contributed by atoms with Crippen molar-refractivity contribution >= 4 is 0 Å². The van der Waals surface area contributed by atoms with Gasteiger partial charge in [0.05, 0.1) is 0 Å². The van der Waals surface area contributed by atoms with E-state index < -0.39 is 11.8 Å². The van der Waals surface area contributed by atoms with Crippen molar-refractivity contribution in [2.45, 2.75) is 136 Å². The maximum Gasteiger partial charge on any atom is 0.212 e. The molecule has 9 aromatic rings. The van der Waals surface area contributed by atoms with Gasteiger partial charge in [0.2, 0.25) is 17.1 Å². The van der Waals surface area contributed by atoms with Gasteiger partial charge in [-0.05, 0) is 181 Å². The molecule has 3 nitrogen and oxygen atoms in total. The van der Waals surface area contributed by atoms with Gasteiger partial charge in [-0.2, -0.15) is 0 Å². The van der Waals surface area contributed by atoms with Gasteiger partial charge in [0.1, 0.15) is 21.1 Å². The molecule has 0 saturated heterocycles. The van der Waals surface area contributed by atoms with Crippen molar-refractivity contribution in [1.82, 2.24) is 0 Å². The summed E-state index contributed by atoms with van der Waals surface area (Å²) in [7, 11) is 6.38. The molecule has 0 radical (unpaired) electrons. The Balaban J connectivity index is 0.000000139. The lowest BCUT2D eigenvalue weighted by Crippen LogP contribution is -2.30. The third-order valence-electron chi connectivity index (χ3n) is 18.4. The summed E-state index contributed by atoms with van der Waals surface area (Å²) in [5, 5.41) is 0. The van der Waals surface area contributed by atoms with Crippen LogP contribution in [0.4, 0.5) is 0 Å². The highest BCUT2D eigenvalue weighted by Gasteiger charge is 2.24. The van der Waals surface area contributed by atoms with Gasteiger partial charge in [0, 0.05) is 54.3 Å². The van der Waals surface area contributed by atoms with Crippen molar-refractivity contribution < 1.29 is 16.4 Å². The van der Waals surface area contributed by atoms with Crippen LogP contribution in [-0.2, 0) is 21.1 Å². The quantitative estimate of drug-likeness (QED) is 0.128. The molecule has 0 N–H and O–H groups in total. The van der Waals surface area contributed by atoms with E-state index in [2.05, 4.69) is 277 Å². The first kappa shape index (κ1) is 54.4. The molecule has 81 heavy (non-hydrogen) atoms. The molecule has 0 spiro atoms. The van der Waals surface area contributed by atoms with E-state index in [-0.39, 0.29) is 0 Å². The van der Waals surface area contributed by atoms with Gasteiger partial charge in [-0.1, -0.05) is 187 Å². The van der Waals surface area contributed by atoms with Crippen molar-refractivity contribution in [3.05, 3.63) is 234 Å². The maximum absolute atomic E-state index is 9.02. The largest absolute Gasteiger partial charge is 0.212 e. The first-order valence-electron chi connectivity index (χ1n) is 31.5. The van der Waals surface area contributed by atoms with E-state index in [1.165, 1.54) is 139 Å². The average Bonchev–Trinajstić information content (AvgIpc) is 3.54. The van der Waals surface area contributed by atoms with Crippen LogP contribution in [0.2, 0.25) is 0 Å². The maximum atomic E-state index is 9.02. The van der Waals surface area contributed by atoms with E-state index in [0.29, 0.717) is 0 Å². The van der Waals surface area contributed by atoms with E-state index in [1.54, 1.807) is 0 Å². The van der Waals surface area contributed by atoms with E-state index in [1.807, 2.05) is 0 Å². The van der Waals surface area contributed by atoms with Crippen molar-refractivity contribution in [2.75, 3.05) is 0 Å². The second-order valence-electron chi connectivity index (χ2n) is 24.5. The second-order valence-corrected chi connectivity index (χ2v) is 24.5. The molecular weight excluding hydrogens is 979 g/mol. The smallest absolute Gasteiger partial charge is 0.200 e. The third kappa shape index (κ3) is 14.1. The normalized spacial score (nSPS) is 22.0. The summed E-state index contributed by atoms with van der Waals surface area (Å²) in [5.41, 5.74) is 22.7. The van der Waals surface area contributed by atoms with E-state index in [4.69, 9.17) is 2.74 Å². The number of aryl methyl sites for hydroxylation is 6. The number of nitrogens with zero attached hydrogens (tertiary/aromatic N) is 3. The van der Waals surface area contributed by atoms with Crippen molar-refractivity contribution in [1.29, 1.82) is 0 Å². The topological polar surface area (TPSA) is 11.6 Å².